The number of aromatic nitrogens is 1. The first-order chi connectivity index (χ1) is 12.6. The summed E-state index contributed by atoms with van der Waals surface area (Å²) >= 11 is 0. The molecule has 1 heterocycles. The molecule has 1 amide bonds. The number of rotatable bonds is 5. The minimum absolute atomic E-state index is 0.00250. The fraction of sp³-hybridized carbons (Fsp3) is 0.273. The number of para-hydroxylation sites is 1. The second-order valence-corrected chi connectivity index (χ2v) is 7.20. The number of nitrogens with zero attached hydrogens (tertiary/aromatic N) is 2. The van der Waals surface area contributed by atoms with Crippen molar-refractivity contribution in [3.8, 4) is 0 Å². The third-order valence-electron chi connectivity index (χ3n) is 5.06. The first-order valence-corrected chi connectivity index (χ1v) is 9.12. The van der Waals surface area contributed by atoms with E-state index in [1.165, 1.54) is 11.1 Å². The minimum Gasteiger partial charge on any atom is -0.344 e. The first kappa shape index (κ1) is 16.6. The van der Waals surface area contributed by atoms with E-state index in [0.29, 0.717) is 12.0 Å². The Labute approximate surface area is 153 Å². The van der Waals surface area contributed by atoms with Crippen LogP contribution < -0.4 is 5.43 Å². The van der Waals surface area contributed by atoms with Gasteiger partial charge in [-0.3, -0.25) is 4.79 Å². The highest BCUT2D eigenvalue weighted by Gasteiger charge is 2.43. The van der Waals surface area contributed by atoms with Crippen molar-refractivity contribution in [2.45, 2.75) is 32.2 Å². The molecular formula is C22H23N3O. The summed E-state index contributed by atoms with van der Waals surface area (Å²) in [6, 6.07) is 18.8. The molecule has 2 aromatic carbocycles. The topological polar surface area (TPSA) is 46.4 Å². The lowest BCUT2D eigenvalue weighted by atomic mass is 10.1. The maximum absolute atomic E-state index is 12.3. The van der Waals surface area contributed by atoms with Gasteiger partial charge in [-0.25, -0.2) is 5.43 Å². The second-order valence-electron chi connectivity index (χ2n) is 7.20. The Hall–Kier alpha value is -2.88. The third-order valence-corrected chi connectivity index (χ3v) is 5.06. The van der Waals surface area contributed by atoms with Crippen LogP contribution in [0.3, 0.4) is 0 Å². The van der Waals surface area contributed by atoms with E-state index in [0.717, 1.165) is 17.4 Å². The lowest BCUT2D eigenvalue weighted by Gasteiger charge is -2.08. The molecule has 26 heavy (non-hydrogen) atoms. The van der Waals surface area contributed by atoms with Gasteiger partial charge in [0.15, 0.2) is 0 Å². The van der Waals surface area contributed by atoms with Crippen LogP contribution in [0.1, 0.15) is 43.4 Å². The van der Waals surface area contributed by atoms with Gasteiger partial charge in [-0.2, -0.15) is 5.10 Å². The smallest absolute Gasteiger partial charge is 0.243 e. The van der Waals surface area contributed by atoms with Crippen LogP contribution in [0, 0.1) is 5.92 Å². The molecule has 0 saturated heterocycles. The highest BCUT2D eigenvalue weighted by atomic mass is 16.2. The van der Waals surface area contributed by atoms with Gasteiger partial charge in [0.2, 0.25) is 5.91 Å². The number of hydrogen-bond donors (Lipinski definition) is 1. The molecule has 0 aliphatic heterocycles. The zero-order valence-electron chi connectivity index (χ0n) is 15.1. The summed E-state index contributed by atoms with van der Waals surface area (Å²) in [6.07, 6.45) is 4.74. The Morgan fingerprint density at radius 3 is 2.65 bits per heavy atom. The van der Waals surface area contributed by atoms with Crippen LogP contribution in [-0.4, -0.2) is 16.7 Å². The zero-order valence-corrected chi connectivity index (χ0v) is 15.1. The number of carbonyl (C=O) groups excluding carboxylic acids is 1. The number of hydrogen-bond acceptors (Lipinski definition) is 2. The van der Waals surface area contributed by atoms with Crippen LogP contribution in [0.4, 0.5) is 0 Å². The molecule has 1 aromatic heterocycles. The van der Waals surface area contributed by atoms with Crippen molar-refractivity contribution in [1.82, 2.24) is 9.99 Å². The fourth-order valence-electron chi connectivity index (χ4n) is 3.56. The molecule has 1 aliphatic carbocycles. The van der Waals surface area contributed by atoms with Crippen LogP contribution in [0.5, 0.6) is 0 Å². The van der Waals surface area contributed by atoms with Gasteiger partial charge in [0.1, 0.15) is 0 Å². The van der Waals surface area contributed by atoms with E-state index >= 15 is 0 Å². The summed E-state index contributed by atoms with van der Waals surface area (Å²) in [5.41, 5.74) is 6.15. The number of fused-ring (bicyclic) bond motifs is 1. The van der Waals surface area contributed by atoms with Crippen LogP contribution in [0.2, 0.25) is 0 Å². The molecule has 4 rings (SSSR count). The third kappa shape index (κ3) is 3.15. The molecule has 2 atom stereocenters. The monoisotopic (exact) mass is 345 g/mol. The highest BCUT2D eigenvalue weighted by molar-refractivity contribution is 5.99. The minimum atomic E-state index is 0.00250. The van der Waals surface area contributed by atoms with Crippen LogP contribution >= 0.6 is 0 Å². The Kier molecular flexibility index (Phi) is 4.33. The average Bonchev–Trinajstić information content (AvgIpc) is 3.38. The van der Waals surface area contributed by atoms with E-state index < -0.39 is 0 Å². The van der Waals surface area contributed by atoms with Crippen molar-refractivity contribution in [2.75, 3.05) is 0 Å². The molecule has 1 N–H and O–H groups in total. The SMILES string of the molecule is CC(C)n1cc(/C=N\NC(=O)[C@H]2C[C@@H]2c2ccccc2)c2ccccc21. The fourth-order valence-corrected chi connectivity index (χ4v) is 3.56. The molecule has 0 bridgehead atoms. The Morgan fingerprint density at radius 2 is 1.88 bits per heavy atom. The quantitative estimate of drug-likeness (QED) is 0.538. The molecule has 0 radical (unpaired) electrons. The molecule has 4 nitrogen and oxygen atoms in total. The largest absolute Gasteiger partial charge is 0.344 e. The number of benzene rings is 2. The van der Waals surface area contributed by atoms with E-state index in [9.17, 15) is 4.79 Å². The van der Waals surface area contributed by atoms with Crippen LogP contribution in [-0.2, 0) is 4.79 Å². The number of nitrogens with one attached hydrogen (secondary N) is 1. The predicted octanol–water partition coefficient (Wildman–Crippen LogP) is 4.48. The van der Waals surface area contributed by atoms with Gasteiger partial charge >= 0.3 is 0 Å². The zero-order chi connectivity index (χ0) is 18.1. The van der Waals surface area contributed by atoms with Gasteiger partial charge in [-0.05, 0) is 37.8 Å². The summed E-state index contributed by atoms with van der Waals surface area (Å²) in [5, 5.41) is 5.36. The van der Waals surface area contributed by atoms with Gasteiger partial charge in [-0.15, -0.1) is 0 Å². The molecule has 1 saturated carbocycles. The van der Waals surface area contributed by atoms with Gasteiger partial charge in [0.25, 0.3) is 0 Å². The van der Waals surface area contributed by atoms with Crippen molar-refractivity contribution in [3.05, 3.63) is 71.9 Å². The summed E-state index contributed by atoms with van der Waals surface area (Å²) < 4.78 is 2.23. The highest BCUT2D eigenvalue weighted by Crippen LogP contribution is 2.47. The van der Waals surface area contributed by atoms with E-state index in [2.05, 4.69) is 59.4 Å². The average molecular weight is 345 g/mol. The lowest BCUT2D eigenvalue weighted by molar-refractivity contribution is -0.122. The Bertz CT molecular complexity index is 956. The second kappa shape index (κ2) is 6.79. The van der Waals surface area contributed by atoms with E-state index in [4.69, 9.17) is 0 Å². The molecular weight excluding hydrogens is 322 g/mol. The molecule has 1 fully saturated rings. The Balaban J connectivity index is 1.45. The van der Waals surface area contributed by atoms with Crippen LogP contribution in [0.15, 0.2) is 65.9 Å². The molecule has 0 unspecified atom stereocenters. The van der Waals surface area contributed by atoms with Crippen molar-refractivity contribution in [2.24, 2.45) is 11.0 Å². The molecule has 3 aromatic rings. The van der Waals surface area contributed by atoms with Crippen molar-refractivity contribution in [1.29, 1.82) is 0 Å². The van der Waals surface area contributed by atoms with Gasteiger partial charge < -0.3 is 4.57 Å². The molecule has 1 aliphatic rings. The van der Waals surface area contributed by atoms with Gasteiger partial charge in [-0.1, -0.05) is 48.5 Å². The van der Waals surface area contributed by atoms with Crippen molar-refractivity contribution < 1.29 is 4.79 Å². The normalized spacial score (nSPS) is 19.3. The summed E-state index contributed by atoms with van der Waals surface area (Å²) in [5.74, 6) is 0.364. The van der Waals surface area contributed by atoms with E-state index in [-0.39, 0.29) is 11.8 Å². The van der Waals surface area contributed by atoms with Gasteiger partial charge in [0, 0.05) is 34.6 Å². The predicted molar refractivity (Wildman–Crippen MR) is 105 cm³/mol. The first-order valence-electron chi connectivity index (χ1n) is 9.12. The summed E-state index contributed by atoms with van der Waals surface area (Å²) in [7, 11) is 0. The van der Waals surface area contributed by atoms with E-state index in [1.54, 1.807) is 6.21 Å². The number of carbonyl (C=O) groups is 1. The summed E-state index contributed by atoms with van der Waals surface area (Å²) in [4.78, 5) is 12.3. The van der Waals surface area contributed by atoms with Gasteiger partial charge in [0.05, 0.1) is 6.21 Å². The van der Waals surface area contributed by atoms with E-state index in [1.807, 2.05) is 30.3 Å². The Morgan fingerprint density at radius 1 is 1.15 bits per heavy atom. The number of hydrazone groups is 1. The van der Waals surface area contributed by atoms with Crippen LogP contribution in [0.25, 0.3) is 10.9 Å². The molecule has 4 heteroatoms. The van der Waals surface area contributed by atoms with Crippen molar-refractivity contribution >= 4 is 23.0 Å². The molecule has 0 spiro atoms. The lowest BCUT2D eigenvalue weighted by Crippen LogP contribution is -2.20. The maximum atomic E-state index is 12.3. The molecule has 132 valence electrons. The maximum Gasteiger partial charge on any atom is 0.243 e. The standard InChI is InChI=1S/C22H23N3O/c1-15(2)25-14-17(18-10-6-7-11-21(18)25)13-23-24-22(26)20-12-19(20)16-8-4-3-5-9-16/h3-11,13-15,19-20H,12H2,1-2H3,(H,24,26)/b23-13-/t19-,20+/m1/s1. The number of amides is 1. The summed E-state index contributed by atoms with van der Waals surface area (Å²) in [6.45, 7) is 4.32. The van der Waals surface area contributed by atoms with Crippen molar-refractivity contribution in [3.63, 3.8) is 0 Å².